The second-order valence-corrected chi connectivity index (χ2v) is 7.75. The molecule has 0 saturated heterocycles. The normalized spacial score (nSPS) is 11.2. The number of imidazole rings is 1. The maximum absolute atomic E-state index is 12.5. The van der Waals surface area contributed by atoms with Gasteiger partial charge in [-0.05, 0) is 43.3 Å². The Labute approximate surface area is 161 Å². The van der Waals surface area contributed by atoms with Gasteiger partial charge in [-0.1, -0.05) is 6.07 Å². The van der Waals surface area contributed by atoms with Gasteiger partial charge < -0.3 is 4.74 Å². The molecule has 2 aromatic heterocycles. The quantitative estimate of drug-likeness (QED) is 0.619. The number of pyridine rings is 1. The van der Waals surface area contributed by atoms with E-state index in [0.29, 0.717) is 23.4 Å². The van der Waals surface area contributed by atoms with Gasteiger partial charge in [-0.2, -0.15) is 0 Å². The Morgan fingerprint density at radius 2 is 1.75 bits per heavy atom. The molecule has 0 atom stereocenters. The Balaban J connectivity index is 1.77. The Kier molecular flexibility index (Phi) is 5.32. The molecular formula is C18H18N4O5S. The number of fused-ring (bicyclic) bond motifs is 1. The zero-order valence-corrected chi connectivity index (χ0v) is 16.0. The molecule has 0 aliphatic heterocycles. The summed E-state index contributed by atoms with van der Waals surface area (Å²) in [5.41, 5.74) is 5.04. The first-order valence-electron chi connectivity index (χ1n) is 8.32. The Bertz CT molecular complexity index is 1140. The molecule has 0 unspecified atom stereocenters. The summed E-state index contributed by atoms with van der Waals surface area (Å²) in [6.07, 6.45) is 2.50. The monoisotopic (exact) mass is 402 g/mol. The van der Waals surface area contributed by atoms with Crippen LogP contribution >= 0.6 is 0 Å². The van der Waals surface area contributed by atoms with Crippen molar-refractivity contribution in [2.45, 2.75) is 12.1 Å². The van der Waals surface area contributed by atoms with Gasteiger partial charge >= 0.3 is 0 Å². The summed E-state index contributed by atoms with van der Waals surface area (Å²) in [4.78, 5) is 28.6. The van der Waals surface area contributed by atoms with Crippen LogP contribution in [0.2, 0.25) is 0 Å². The molecule has 3 aromatic rings. The molecule has 9 nitrogen and oxygen atoms in total. The maximum atomic E-state index is 12.5. The minimum absolute atomic E-state index is 0.118. The number of hydrogen-bond donors (Lipinski definition) is 2. The number of nitrogens with one attached hydrogen (secondary N) is 2. The zero-order valence-electron chi connectivity index (χ0n) is 15.2. The van der Waals surface area contributed by atoms with Gasteiger partial charge in [0.25, 0.3) is 11.8 Å². The molecular weight excluding hydrogens is 384 g/mol. The molecule has 1 aromatic carbocycles. The highest BCUT2D eigenvalue weighted by Crippen LogP contribution is 2.17. The van der Waals surface area contributed by atoms with Gasteiger partial charge in [0.15, 0.2) is 5.69 Å². The van der Waals surface area contributed by atoms with Crippen molar-refractivity contribution in [2.75, 3.05) is 12.9 Å². The SMILES string of the molecule is CCOc1ccc(C(=O)NNC(=O)c2nc(S(C)(=O)=O)n3ccccc23)cc1. The van der Waals surface area contributed by atoms with Gasteiger partial charge in [-0.3, -0.25) is 24.8 Å². The first-order valence-corrected chi connectivity index (χ1v) is 10.2. The smallest absolute Gasteiger partial charge is 0.290 e. The van der Waals surface area contributed by atoms with Crippen molar-refractivity contribution in [3.05, 3.63) is 59.9 Å². The summed E-state index contributed by atoms with van der Waals surface area (Å²) >= 11 is 0. The Hall–Kier alpha value is -3.40. The van der Waals surface area contributed by atoms with Crippen molar-refractivity contribution in [3.8, 4) is 5.75 Å². The predicted molar refractivity (Wildman–Crippen MR) is 101 cm³/mol. The van der Waals surface area contributed by atoms with Crippen LogP contribution in [0.25, 0.3) is 5.52 Å². The van der Waals surface area contributed by atoms with Crippen LogP contribution in [0, 0.1) is 0 Å². The molecule has 2 heterocycles. The topological polar surface area (TPSA) is 119 Å². The molecule has 0 aliphatic rings. The number of carbonyl (C=O) groups is 2. The number of sulfone groups is 1. The standard InChI is InChI=1S/C18H18N4O5S/c1-3-27-13-9-7-12(8-10-13)16(23)20-21-17(24)15-14-6-4-5-11-22(14)18(19-15)28(2,25)26/h4-11H,3H2,1-2H3,(H,20,23)(H,21,24). The lowest BCUT2D eigenvalue weighted by Crippen LogP contribution is -2.41. The third-order valence-electron chi connectivity index (χ3n) is 3.78. The van der Waals surface area contributed by atoms with Gasteiger partial charge in [-0.25, -0.2) is 13.4 Å². The largest absolute Gasteiger partial charge is 0.494 e. The molecule has 28 heavy (non-hydrogen) atoms. The number of rotatable bonds is 5. The number of carbonyl (C=O) groups excluding carboxylic acids is 2. The van der Waals surface area contributed by atoms with Crippen LogP contribution in [0.15, 0.2) is 53.8 Å². The van der Waals surface area contributed by atoms with Crippen molar-refractivity contribution < 1.29 is 22.7 Å². The number of hydrogen-bond acceptors (Lipinski definition) is 6. The number of nitrogens with zero attached hydrogens (tertiary/aromatic N) is 2. The number of aromatic nitrogens is 2. The first-order chi connectivity index (χ1) is 13.3. The van der Waals surface area contributed by atoms with E-state index in [1.54, 1.807) is 42.5 Å². The Morgan fingerprint density at radius 1 is 1.07 bits per heavy atom. The lowest BCUT2D eigenvalue weighted by atomic mass is 10.2. The van der Waals surface area contributed by atoms with E-state index in [-0.39, 0.29) is 10.9 Å². The molecule has 2 amide bonds. The highest BCUT2D eigenvalue weighted by Gasteiger charge is 2.23. The second-order valence-electron chi connectivity index (χ2n) is 5.84. The van der Waals surface area contributed by atoms with Gasteiger partial charge in [0.1, 0.15) is 5.75 Å². The fourth-order valence-electron chi connectivity index (χ4n) is 2.55. The molecule has 0 fully saturated rings. The fourth-order valence-corrected chi connectivity index (χ4v) is 3.33. The van der Waals surface area contributed by atoms with E-state index in [0.717, 1.165) is 6.26 Å². The molecule has 0 radical (unpaired) electrons. The van der Waals surface area contributed by atoms with E-state index < -0.39 is 21.7 Å². The summed E-state index contributed by atoms with van der Waals surface area (Å²) in [6, 6.07) is 11.2. The zero-order chi connectivity index (χ0) is 20.3. The first kappa shape index (κ1) is 19.4. The lowest BCUT2D eigenvalue weighted by Gasteiger charge is -2.07. The Morgan fingerprint density at radius 3 is 2.39 bits per heavy atom. The summed E-state index contributed by atoms with van der Waals surface area (Å²) in [7, 11) is -3.65. The van der Waals surface area contributed by atoms with Crippen LogP contribution in [0.4, 0.5) is 0 Å². The summed E-state index contributed by atoms with van der Waals surface area (Å²) in [6.45, 7) is 2.36. The lowest BCUT2D eigenvalue weighted by molar-refractivity contribution is 0.0845. The molecule has 0 bridgehead atoms. The molecule has 2 N–H and O–H groups in total. The molecule has 0 aliphatic carbocycles. The van der Waals surface area contributed by atoms with Crippen LogP contribution in [0.3, 0.4) is 0 Å². The van der Waals surface area contributed by atoms with Crippen LogP contribution in [-0.2, 0) is 9.84 Å². The minimum atomic E-state index is -3.65. The number of hydrazine groups is 1. The number of benzene rings is 1. The average Bonchev–Trinajstić information content (AvgIpc) is 3.07. The highest BCUT2D eigenvalue weighted by atomic mass is 32.2. The van der Waals surface area contributed by atoms with E-state index in [1.165, 1.54) is 10.6 Å². The van der Waals surface area contributed by atoms with E-state index in [1.807, 2.05) is 6.92 Å². The molecule has 0 saturated carbocycles. The van der Waals surface area contributed by atoms with Crippen LogP contribution in [0.1, 0.15) is 27.8 Å². The van der Waals surface area contributed by atoms with Gasteiger partial charge in [0.05, 0.1) is 12.1 Å². The van der Waals surface area contributed by atoms with Crippen molar-refractivity contribution in [2.24, 2.45) is 0 Å². The van der Waals surface area contributed by atoms with Gasteiger partial charge in [0.2, 0.25) is 15.0 Å². The molecule has 146 valence electrons. The van der Waals surface area contributed by atoms with Crippen molar-refractivity contribution in [3.63, 3.8) is 0 Å². The minimum Gasteiger partial charge on any atom is -0.494 e. The third-order valence-corrected chi connectivity index (χ3v) is 4.73. The van der Waals surface area contributed by atoms with Crippen LogP contribution < -0.4 is 15.6 Å². The van der Waals surface area contributed by atoms with Crippen molar-refractivity contribution >= 4 is 27.2 Å². The summed E-state index contributed by atoms with van der Waals surface area (Å²) in [5, 5.41) is -0.258. The van der Waals surface area contributed by atoms with Crippen LogP contribution in [-0.4, -0.2) is 42.5 Å². The third kappa shape index (κ3) is 3.96. The van der Waals surface area contributed by atoms with Gasteiger partial charge in [0, 0.05) is 18.0 Å². The van der Waals surface area contributed by atoms with E-state index in [9.17, 15) is 18.0 Å². The highest BCUT2D eigenvalue weighted by molar-refractivity contribution is 7.90. The number of amides is 2. The van der Waals surface area contributed by atoms with Gasteiger partial charge in [-0.15, -0.1) is 0 Å². The molecule has 0 spiro atoms. The van der Waals surface area contributed by atoms with Crippen molar-refractivity contribution in [1.29, 1.82) is 0 Å². The van der Waals surface area contributed by atoms with E-state index in [2.05, 4.69) is 15.8 Å². The summed E-state index contributed by atoms with van der Waals surface area (Å²) in [5.74, 6) is -0.651. The predicted octanol–water partition coefficient (Wildman–Crippen LogP) is 1.21. The molecule has 3 rings (SSSR count). The maximum Gasteiger partial charge on any atom is 0.290 e. The van der Waals surface area contributed by atoms with Crippen LogP contribution in [0.5, 0.6) is 5.75 Å². The summed E-state index contributed by atoms with van der Waals surface area (Å²) < 4.78 is 30.4. The number of ether oxygens (including phenoxy) is 1. The van der Waals surface area contributed by atoms with E-state index >= 15 is 0 Å². The van der Waals surface area contributed by atoms with Crippen molar-refractivity contribution in [1.82, 2.24) is 20.2 Å². The fraction of sp³-hybridized carbons (Fsp3) is 0.167. The second kappa shape index (κ2) is 7.69. The average molecular weight is 402 g/mol. The molecule has 10 heteroatoms. The van der Waals surface area contributed by atoms with E-state index in [4.69, 9.17) is 4.74 Å².